The van der Waals surface area contributed by atoms with Crippen LogP contribution in [-0.2, 0) is 0 Å². The quantitative estimate of drug-likeness (QED) is 0.680. The molecule has 1 aliphatic rings. The van der Waals surface area contributed by atoms with Crippen molar-refractivity contribution in [3.8, 4) is 11.4 Å². The van der Waals surface area contributed by atoms with Gasteiger partial charge in [0, 0.05) is 11.3 Å². The van der Waals surface area contributed by atoms with Crippen LogP contribution in [0.5, 0.6) is 0 Å². The smallest absolute Gasteiger partial charge is 0.138 e. The molecule has 0 saturated heterocycles. The molecule has 0 spiro atoms. The van der Waals surface area contributed by atoms with E-state index in [0.29, 0.717) is 0 Å². The lowest BCUT2D eigenvalue weighted by Gasteiger charge is -1.99. The number of hydrogen-bond acceptors (Lipinski definition) is 2. The summed E-state index contributed by atoms with van der Waals surface area (Å²) in [5.74, 6) is 1.70. The highest BCUT2D eigenvalue weighted by Crippen LogP contribution is 2.40. The number of rotatable bonds is 2. The Morgan fingerprint density at radius 2 is 1.84 bits per heavy atom. The van der Waals surface area contributed by atoms with E-state index in [1.807, 2.05) is 18.2 Å². The molecule has 0 amide bonds. The summed E-state index contributed by atoms with van der Waals surface area (Å²) in [5, 5.41) is 0. The number of aromatic amines is 1. The molecule has 3 aromatic rings. The lowest BCUT2D eigenvalue weighted by Crippen LogP contribution is -1.83. The normalized spacial score (nSPS) is 14.9. The van der Waals surface area contributed by atoms with Crippen molar-refractivity contribution in [1.29, 1.82) is 0 Å². The molecule has 1 saturated carbocycles. The van der Waals surface area contributed by atoms with Crippen molar-refractivity contribution in [1.82, 2.24) is 9.97 Å². The maximum absolute atomic E-state index is 5.78. The molecule has 1 aromatic heterocycles. The van der Waals surface area contributed by atoms with E-state index in [2.05, 4.69) is 34.2 Å². The molecule has 2 aromatic carbocycles. The largest absolute Gasteiger partial charge is 0.399 e. The van der Waals surface area contributed by atoms with Gasteiger partial charge in [0.2, 0.25) is 0 Å². The lowest BCUT2D eigenvalue weighted by molar-refractivity contribution is 1.13. The fourth-order valence-electron chi connectivity index (χ4n) is 2.49. The number of aromatic nitrogens is 2. The van der Waals surface area contributed by atoms with E-state index in [9.17, 15) is 0 Å². The fourth-order valence-corrected chi connectivity index (χ4v) is 2.49. The SMILES string of the molecule is Nc1ccc2[nH]c(-c3ccc(C4CC4)cc3)nc2c1. The summed E-state index contributed by atoms with van der Waals surface area (Å²) in [6.45, 7) is 0. The van der Waals surface area contributed by atoms with Crippen molar-refractivity contribution in [3.05, 3.63) is 48.0 Å². The van der Waals surface area contributed by atoms with Gasteiger partial charge in [0.05, 0.1) is 11.0 Å². The topological polar surface area (TPSA) is 54.7 Å². The number of nitrogens with one attached hydrogen (secondary N) is 1. The van der Waals surface area contributed by atoms with Gasteiger partial charge in [-0.1, -0.05) is 24.3 Å². The minimum Gasteiger partial charge on any atom is -0.399 e. The zero-order valence-electron chi connectivity index (χ0n) is 10.6. The second-order valence-corrected chi connectivity index (χ2v) is 5.26. The maximum Gasteiger partial charge on any atom is 0.138 e. The van der Waals surface area contributed by atoms with Gasteiger partial charge in [-0.3, -0.25) is 0 Å². The van der Waals surface area contributed by atoms with Crippen LogP contribution in [0.2, 0.25) is 0 Å². The van der Waals surface area contributed by atoms with E-state index in [1.165, 1.54) is 18.4 Å². The average Bonchev–Trinajstić information content (AvgIpc) is 3.19. The van der Waals surface area contributed by atoms with E-state index < -0.39 is 0 Å². The van der Waals surface area contributed by atoms with Crippen molar-refractivity contribution < 1.29 is 0 Å². The van der Waals surface area contributed by atoms with Crippen LogP contribution in [0.3, 0.4) is 0 Å². The highest BCUT2D eigenvalue weighted by atomic mass is 14.9. The Hall–Kier alpha value is -2.29. The highest BCUT2D eigenvalue weighted by Gasteiger charge is 2.23. The first kappa shape index (κ1) is 10.6. The van der Waals surface area contributed by atoms with Gasteiger partial charge >= 0.3 is 0 Å². The van der Waals surface area contributed by atoms with Crippen molar-refractivity contribution >= 4 is 16.7 Å². The lowest BCUT2D eigenvalue weighted by atomic mass is 10.1. The van der Waals surface area contributed by atoms with Crippen LogP contribution in [0.15, 0.2) is 42.5 Å². The van der Waals surface area contributed by atoms with Gasteiger partial charge in [-0.15, -0.1) is 0 Å². The van der Waals surface area contributed by atoms with Gasteiger partial charge in [0.15, 0.2) is 0 Å². The zero-order valence-corrected chi connectivity index (χ0v) is 10.6. The molecule has 0 aliphatic heterocycles. The zero-order chi connectivity index (χ0) is 12.8. The number of imidazole rings is 1. The first-order valence-corrected chi connectivity index (χ1v) is 6.65. The van der Waals surface area contributed by atoms with Crippen LogP contribution in [0, 0.1) is 0 Å². The van der Waals surface area contributed by atoms with Crippen molar-refractivity contribution in [2.75, 3.05) is 5.73 Å². The molecule has 1 fully saturated rings. The molecule has 1 heterocycles. The van der Waals surface area contributed by atoms with Crippen LogP contribution in [0.25, 0.3) is 22.4 Å². The summed E-state index contributed by atoms with van der Waals surface area (Å²) in [5.41, 5.74) is 11.0. The third-order valence-electron chi connectivity index (χ3n) is 3.74. The third kappa shape index (κ3) is 1.87. The fraction of sp³-hybridized carbons (Fsp3) is 0.188. The van der Waals surface area contributed by atoms with E-state index in [1.54, 1.807) is 0 Å². The highest BCUT2D eigenvalue weighted by molar-refractivity contribution is 5.82. The molecule has 0 bridgehead atoms. The van der Waals surface area contributed by atoms with Gasteiger partial charge in [0.1, 0.15) is 5.82 Å². The second kappa shape index (κ2) is 3.85. The van der Waals surface area contributed by atoms with Gasteiger partial charge in [-0.25, -0.2) is 4.98 Å². The van der Waals surface area contributed by atoms with Crippen LogP contribution in [0.1, 0.15) is 24.3 Å². The molecular formula is C16H15N3. The molecule has 4 rings (SSSR count). The molecule has 3 heteroatoms. The molecule has 1 aliphatic carbocycles. The summed E-state index contributed by atoms with van der Waals surface area (Å²) < 4.78 is 0. The number of nitrogens with zero attached hydrogens (tertiary/aromatic N) is 1. The molecule has 3 nitrogen and oxygen atoms in total. The number of fused-ring (bicyclic) bond motifs is 1. The molecule has 0 atom stereocenters. The van der Waals surface area contributed by atoms with Crippen LogP contribution >= 0.6 is 0 Å². The van der Waals surface area contributed by atoms with Gasteiger partial charge in [-0.05, 0) is 42.5 Å². The minimum atomic E-state index is 0.745. The standard InChI is InChI=1S/C16H15N3/c17-13-7-8-14-15(9-13)19-16(18-14)12-5-3-11(4-6-12)10-1-2-10/h3-10H,1-2,17H2,(H,18,19). The Labute approximate surface area is 111 Å². The van der Waals surface area contributed by atoms with E-state index in [-0.39, 0.29) is 0 Å². The van der Waals surface area contributed by atoms with E-state index >= 15 is 0 Å². The number of hydrogen-bond donors (Lipinski definition) is 2. The third-order valence-corrected chi connectivity index (χ3v) is 3.74. The first-order valence-electron chi connectivity index (χ1n) is 6.65. The molecule has 0 radical (unpaired) electrons. The van der Waals surface area contributed by atoms with Crippen molar-refractivity contribution in [2.45, 2.75) is 18.8 Å². The van der Waals surface area contributed by atoms with E-state index in [4.69, 9.17) is 5.73 Å². The molecule has 19 heavy (non-hydrogen) atoms. The Kier molecular flexibility index (Phi) is 2.15. The summed E-state index contributed by atoms with van der Waals surface area (Å²) in [6.07, 6.45) is 2.67. The van der Waals surface area contributed by atoms with Crippen molar-refractivity contribution in [3.63, 3.8) is 0 Å². The Balaban J connectivity index is 1.76. The van der Waals surface area contributed by atoms with Crippen LogP contribution in [-0.4, -0.2) is 9.97 Å². The summed E-state index contributed by atoms with van der Waals surface area (Å²) in [6, 6.07) is 14.5. The second-order valence-electron chi connectivity index (χ2n) is 5.26. The Bertz CT molecular complexity index is 736. The van der Waals surface area contributed by atoms with Crippen molar-refractivity contribution in [2.24, 2.45) is 0 Å². The number of nitrogen functional groups attached to an aromatic ring is 1. The van der Waals surface area contributed by atoms with E-state index in [0.717, 1.165) is 34.0 Å². The number of benzene rings is 2. The first-order chi connectivity index (χ1) is 9.29. The average molecular weight is 249 g/mol. The summed E-state index contributed by atoms with van der Waals surface area (Å²) >= 11 is 0. The van der Waals surface area contributed by atoms with Gasteiger partial charge in [0.25, 0.3) is 0 Å². The number of anilines is 1. The van der Waals surface area contributed by atoms with Gasteiger partial charge in [-0.2, -0.15) is 0 Å². The monoisotopic (exact) mass is 249 g/mol. The molecule has 3 N–H and O–H groups in total. The van der Waals surface area contributed by atoms with Crippen LogP contribution in [0.4, 0.5) is 5.69 Å². The Morgan fingerprint density at radius 1 is 1.05 bits per heavy atom. The maximum atomic E-state index is 5.78. The number of nitrogens with two attached hydrogens (primary N) is 1. The van der Waals surface area contributed by atoms with Gasteiger partial charge < -0.3 is 10.7 Å². The number of H-pyrrole nitrogens is 1. The predicted molar refractivity (Wildman–Crippen MR) is 77.9 cm³/mol. The summed E-state index contributed by atoms with van der Waals surface area (Å²) in [7, 11) is 0. The molecule has 0 unspecified atom stereocenters. The molecule has 94 valence electrons. The summed E-state index contributed by atoms with van der Waals surface area (Å²) in [4.78, 5) is 7.94. The minimum absolute atomic E-state index is 0.745. The predicted octanol–water partition coefficient (Wildman–Crippen LogP) is 3.69. The Morgan fingerprint density at radius 3 is 2.58 bits per heavy atom. The van der Waals surface area contributed by atoms with Crippen LogP contribution < -0.4 is 5.73 Å². The molecular weight excluding hydrogens is 234 g/mol.